The summed E-state index contributed by atoms with van der Waals surface area (Å²) < 4.78 is 5.00. The molecule has 0 aliphatic heterocycles. The van der Waals surface area contributed by atoms with E-state index < -0.39 is 23.7 Å². The summed E-state index contributed by atoms with van der Waals surface area (Å²) in [4.78, 5) is 22.4. The average Bonchev–Trinajstić information content (AvgIpc) is 2.19. The molecule has 0 heterocycles. The Morgan fingerprint density at radius 2 is 2.06 bits per heavy atom. The van der Waals surface area contributed by atoms with Crippen LogP contribution in [0.3, 0.4) is 0 Å². The number of rotatable bonds is 6. The van der Waals surface area contributed by atoms with Gasteiger partial charge < -0.3 is 15.2 Å². The first-order valence-corrected chi connectivity index (χ1v) is 5.76. The topological polar surface area (TPSA) is 75.6 Å². The van der Waals surface area contributed by atoms with Crippen LogP contribution in [0.1, 0.15) is 33.6 Å². The van der Waals surface area contributed by atoms with E-state index in [2.05, 4.69) is 11.9 Å². The maximum atomic E-state index is 11.4. The summed E-state index contributed by atoms with van der Waals surface area (Å²) in [6, 6.07) is -0.950. The fourth-order valence-electron chi connectivity index (χ4n) is 1.16. The lowest BCUT2D eigenvalue weighted by atomic mass is 10.1. The molecule has 0 aliphatic carbocycles. The van der Waals surface area contributed by atoms with Crippen LogP contribution in [0.15, 0.2) is 24.8 Å². The highest BCUT2D eigenvalue weighted by Gasteiger charge is 2.23. The quantitative estimate of drug-likeness (QED) is 0.715. The number of carbonyl (C=O) groups excluding carboxylic acids is 1. The minimum Gasteiger partial charge on any atom is -0.480 e. The van der Waals surface area contributed by atoms with E-state index in [0.717, 1.165) is 0 Å². The summed E-state index contributed by atoms with van der Waals surface area (Å²) in [5, 5.41) is 11.3. The SMILES string of the molecule is C=C/C=C/CCC(NC(=O)OC(C)(C)C)C(=O)O. The summed E-state index contributed by atoms with van der Waals surface area (Å²) in [5.41, 5.74) is -0.643. The van der Waals surface area contributed by atoms with Crippen molar-refractivity contribution in [3.63, 3.8) is 0 Å². The molecule has 5 heteroatoms. The molecule has 0 saturated heterocycles. The van der Waals surface area contributed by atoms with Crippen LogP contribution in [-0.4, -0.2) is 28.8 Å². The Morgan fingerprint density at radius 1 is 1.44 bits per heavy atom. The molecule has 0 radical (unpaired) electrons. The van der Waals surface area contributed by atoms with Crippen LogP contribution in [-0.2, 0) is 9.53 Å². The largest absolute Gasteiger partial charge is 0.480 e. The Hall–Kier alpha value is -1.78. The van der Waals surface area contributed by atoms with Gasteiger partial charge in [0, 0.05) is 0 Å². The maximum absolute atomic E-state index is 11.4. The minimum absolute atomic E-state index is 0.304. The van der Waals surface area contributed by atoms with Gasteiger partial charge in [-0.15, -0.1) is 0 Å². The first-order valence-electron chi connectivity index (χ1n) is 5.76. The van der Waals surface area contributed by atoms with Crippen molar-refractivity contribution in [2.75, 3.05) is 0 Å². The first kappa shape index (κ1) is 16.2. The predicted molar refractivity (Wildman–Crippen MR) is 69.4 cm³/mol. The predicted octanol–water partition coefficient (Wildman–Crippen LogP) is 2.49. The molecule has 1 amide bonds. The molecule has 18 heavy (non-hydrogen) atoms. The standard InChI is InChI=1S/C13H21NO4/c1-5-6-7-8-9-10(11(15)16)14-12(17)18-13(2,3)4/h5-7,10H,1,8-9H2,2-4H3,(H,14,17)(H,15,16)/b7-6+. The molecule has 0 aromatic rings. The second kappa shape index (κ2) is 7.53. The summed E-state index contributed by atoms with van der Waals surface area (Å²) in [7, 11) is 0. The smallest absolute Gasteiger partial charge is 0.408 e. The third kappa shape index (κ3) is 8.38. The zero-order valence-corrected chi connectivity index (χ0v) is 11.1. The van der Waals surface area contributed by atoms with E-state index in [4.69, 9.17) is 9.84 Å². The number of carboxylic acids is 1. The van der Waals surface area contributed by atoms with Gasteiger partial charge in [-0.1, -0.05) is 24.8 Å². The van der Waals surface area contributed by atoms with Crippen LogP contribution >= 0.6 is 0 Å². The van der Waals surface area contributed by atoms with Gasteiger partial charge in [0.05, 0.1) is 0 Å². The molecule has 0 spiro atoms. The van der Waals surface area contributed by atoms with Crippen molar-refractivity contribution in [2.45, 2.75) is 45.3 Å². The van der Waals surface area contributed by atoms with E-state index in [-0.39, 0.29) is 0 Å². The Labute approximate surface area is 108 Å². The fraction of sp³-hybridized carbons (Fsp3) is 0.538. The van der Waals surface area contributed by atoms with Crippen molar-refractivity contribution in [2.24, 2.45) is 0 Å². The highest BCUT2D eigenvalue weighted by atomic mass is 16.6. The van der Waals surface area contributed by atoms with Gasteiger partial charge in [0.1, 0.15) is 11.6 Å². The Bertz CT molecular complexity index is 328. The molecular formula is C13H21NO4. The second-order valence-corrected chi connectivity index (χ2v) is 4.78. The van der Waals surface area contributed by atoms with Crippen LogP contribution in [0, 0.1) is 0 Å². The monoisotopic (exact) mass is 255 g/mol. The number of hydrogen-bond acceptors (Lipinski definition) is 3. The second-order valence-electron chi connectivity index (χ2n) is 4.78. The fourth-order valence-corrected chi connectivity index (χ4v) is 1.16. The summed E-state index contributed by atoms with van der Waals surface area (Å²) in [6.45, 7) is 8.66. The molecule has 0 rings (SSSR count). The Kier molecular flexibility index (Phi) is 6.78. The van der Waals surface area contributed by atoms with E-state index in [1.54, 1.807) is 39.0 Å². The average molecular weight is 255 g/mol. The lowest BCUT2D eigenvalue weighted by Gasteiger charge is -2.21. The molecule has 0 aromatic heterocycles. The summed E-state index contributed by atoms with van der Waals surface area (Å²) in [6.07, 6.45) is 5.25. The number of aliphatic carboxylic acids is 1. The number of amides is 1. The van der Waals surface area contributed by atoms with Crippen molar-refractivity contribution in [1.29, 1.82) is 0 Å². The van der Waals surface area contributed by atoms with Crippen molar-refractivity contribution >= 4 is 12.1 Å². The molecule has 0 saturated carbocycles. The molecule has 1 atom stereocenters. The van der Waals surface area contributed by atoms with E-state index in [9.17, 15) is 9.59 Å². The molecule has 102 valence electrons. The molecule has 0 bridgehead atoms. The van der Waals surface area contributed by atoms with E-state index in [1.165, 1.54) is 0 Å². The zero-order chi connectivity index (χ0) is 14.2. The minimum atomic E-state index is -1.08. The Balaban J connectivity index is 4.27. The molecule has 2 N–H and O–H groups in total. The molecule has 5 nitrogen and oxygen atoms in total. The summed E-state index contributed by atoms with van der Waals surface area (Å²) in [5.74, 6) is -1.08. The van der Waals surface area contributed by atoms with Crippen molar-refractivity contribution < 1.29 is 19.4 Å². The van der Waals surface area contributed by atoms with E-state index in [1.807, 2.05) is 0 Å². The van der Waals surface area contributed by atoms with Crippen molar-refractivity contribution in [3.8, 4) is 0 Å². The first-order chi connectivity index (χ1) is 8.26. The number of carbonyl (C=O) groups is 2. The van der Waals surface area contributed by atoms with Crippen molar-refractivity contribution in [1.82, 2.24) is 5.32 Å². The lowest BCUT2D eigenvalue weighted by Crippen LogP contribution is -2.43. The third-order valence-electron chi connectivity index (χ3n) is 1.88. The lowest BCUT2D eigenvalue weighted by molar-refractivity contribution is -0.139. The van der Waals surface area contributed by atoms with Gasteiger partial charge >= 0.3 is 12.1 Å². The van der Waals surface area contributed by atoms with Gasteiger partial charge in [0.2, 0.25) is 0 Å². The van der Waals surface area contributed by atoms with Crippen molar-refractivity contribution in [3.05, 3.63) is 24.8 Å². The van der Waals surface area contributed by atoms with Gasteiger partial charge in [-0.2, -0.15) is 0 Å². The number of allylic oxidation sites excluding steroid dienone is 3. The number of hydrogen-bond donors (Lipinski definition) is 2. The number of carboxylic acid groups (broad SMARTS) is 1. The summed E-state index contributed by atoms with van der Waals surface area (Å²) >= 11 is 0. The van der Waals surface area contributed by atoms with Crippen LogP contribution in [0.5, 0.6) is 0 Å². The van der Waals surface area contributed by atoms with Gasteiger partial charge in [0.15, 0.2) is 0 Å². The van der Waals surface area contributed by atoms with Crippen LogP contribution in [0.4, 0.5) is 4.79 Å². The molecule has 0 aliphatic rings. The number of ether oxygens (including phenoxy) is 1. The van der Waals surface area contributed by atoms with Gasteiger partial charge in [-0.25, -0.2) is 9.59 Å². The molecule has 0 aromatic carbocycles. The van der Waals surface area contributed by atoms with Gasteiger partial charge in [-0.3, -0.25) is 0 Å². The third-order valence-corrected chi connectivity index (χ3v) is 1.88. The molecule has 0 fully saturated rings. The highest BCUT2D eigenvalue weighted by Crippen LogP contribution is 2.08. The van der Waals surface area contributed by atoms with E-state index >= 15 is 0 Å². The zero-order valence-electron chi connectivity index (χ0n) is 11.1. The molecular weight excluding hydrogens is 234 g/mol. The normalized spacial score (nSPS) is 13.1. The molecule has 1 unspecified atom stereocenters. The van der Waals surface area contributed by atoms with E-state index in [0.29, 0.717) is 12.8 Å². The Morgan fingerprint density at radius 3 is 2.50 bits per heavy atom. The number of alkyl carbamates (subject to hydrolysis) is 1. The maximum Gasteiger partial charge on any atom is 0.408 e. The van der Waals surface area contributed by atoms with Gasteiger partial charge in [-0.05, 0) is 33.6 Å². The van der Waals surface area contributed by atoms with Crippen LogP contribution in [0.2, 0.25) is 0 Å². The number of nitrogens with one attached hydrogen (secondary N) is 1. The van der Waals surface area contributed by atoms with Gasteiger partial charge in [0.25, 0.3) is 0 Å². The highest BCUT2D eigenvalue weighted by molar-refractivity contribution is 5.79. The van der Waals surface area contributed by atoms with Crippen LogP contribution < -0.4 is 5.32 Å². The van der Waals surface area contributed by atoms with Crippen LogP contribution in [0.25, 0.3) is 0 Å².